The van der Waals surface area contributed by atoms with E-state index in [1.54, 1.807) is 20.0 Å². The summed E-state index contributed by atoms with van der Waals surface area (Å²) in [5, 5.41) is 24.1. The number of benzene rings is 1. The van der Waals surface area contributed by atoms with Crippen LogP contribution in [0.1, 0.15) is 21.6 Å². The SMILES string of the molecule is Cc1cc(Oc2cc(C(=O)O)cc([N+](=O)[O-])c2C)n(C)n1. The zero-order valence-electron chi connectivity index (χ0n) is 11.7. The third kappa shape index (κ3) is 2.83. The first-order valence-corrected chi connectivity index (χ1v) is 6.00. The van der Waals surface area contributed by atoms with E-state index < -0.39 is 10.9 Å². The van der Waals surface area contributed by atoms with Gasteiger partial charge in [-0.15, -0.1) is 0 Å². The molecular weight excluding hydrogens is 278 g/mol. The van der Waals surface area contributed by atoms with E-state index in [9.17, 15) is 14.9 Å². The molecule has 2 rings (SSSR count). The summed E-state index contributed by atoms with van der Waals surface area (Å²) < 4.78 is 7.04. The van der Waals surface area contributed by atoms with E-state index in [0.29, 0.717) is 11.6 Å². The van der Waals surface area contributed by atoms with Gasteiger partial charge in [0, 0.05) is 19.2 Å². The third-order valence-corrected chi connectivity index (χ3v) is 2.95. The number of nitro groups is 1. The molecule has 1 heterocycles. The lowest BCUT2D eigenvalue weighted by atomic mass is 10.1. The van der Waals surface area contributed by atoms with Crippen LogP contribution in [0.2, 0.25) is 0 Å². The molecule has 21 heavy (non-hydrogen) atoms. The van der Waals surface area contributed by atoms with Crippen molar-refractivity contribution in [2.45, 2.75) is 13.8 Å². The number of hydrogen-bond acceptors (Lipinski definition) is 5. The van der Waals surface area contributed by atoms with Crippen LogP contribution in [-0.2, 0) is 7.05 Å². The van der Waals surface area contributed by atoms with Gasteiger partial charge in [-0.25, -0.2) is 9.48 Å². The summed E-state index contributed by atoms with van der Waals surface area (Å²) in [6.07, 6.45) is 0. The molecule has 2 aromatic rings. The molecule has 8 nitrogen and oxygen atoms in total. The molecule has 1 N–H and O–H groups in total. The molecule has 0 radical (unpaired) electrons. The van der Waals surface area contributed by atoms with Gasteiger partial charge in [0.25, 0.3) is 5.69 Å². The van der Waals surface area contributed by atoms with E-state index in [-0.39, 0.29) is 22.6 Å². The average Bonchev–Trinajstić information content (AvgIpc) is 2.69. The number of hydrogen-bond donors (Lipinski definition) is 1. The number of carbonyl (C=O) groups is 1. The molecule has 0 atom stereocenters. The van der Waals surface area contributed by atoms with Crippen molar-refractivity contribution >= 4 is 11.7 Å². The maximum atomic E-state index is 11.1. The number of nitro benzene ring substituents is 1. The monoisotopic (exact) mass is 291 g/mol. The van der Waals surface area contributed by atoms with Crippen molar-refractivity contribution in [2.75, 3.05) is 0 Å². The number of carboxylic acid groups (broad SMARTS) is 1. The Morgan fingerprint density at radius 2 is 2.05 bits per heavy atom. The van der Waals surface area contributed by atoms with Crippen LogP contribution in [0.3, 0.4) is 0 Å². The van der Waals surface area contributed by atoms with Crippen LogP contribution < -0.4 is 4.74 Å². The number of rotatable bonds is 4. The lowest BCUT2D eigenvalue weighted by Gasteiger charge is -2.09. The Morgan fingerprint density at radius 1 is 1.38 bits per heavy atom. The van der Waals surface area contributed by atoms with Gasteiger partial charge in [-0.3, -0.25) is 10.1 Å². The van der Waals surface area contributed by atoms with Crippen molar-refractivity contribution < 1.29 is 19.6 Å². The fraction of sp³-hybridized carbons (Fsp3) is 0.231. The van der Waals surface area contributed by atoms with Gasteiger partial charge in [0.05, 0.1) is 21.7 Å². The Morgan fingerprint density at radius 3 is 2.52 bits per heavy atom. The van der Waals surface area contributed by atoms with Gasteiger partial charge in [0.15, 0.2) is 0 Å². The number of carboxylic acids is 1. The summed E-state index contributed by atoms with van der Waals surface area (Å²) in [4.78, 5) is 21.4. The molecule has 0 aliphatic heterocycles. The van der Waals surface area contributed by atoms with E-state index in [0.717, 1.165) is 6.07 Å². The van der Waals surface area contributed by atoms with Crippen molar-refractivity contribution in [3.8, 4) is 11.6 Å². The van der Waals surface area contributed by atoms with Gasteiger partial charge in [-0.1, -0.05) is 0 Å². The summed E-state index contributed by atoms with van der Waals surface area (Å²) in [6, 6.07) is 3.92. The second-order valence-electron chi connectivity index (χ2n) is 4.53. The second-order valence-corrected chi connectivity index (χ2v) is 4.53. The van der Waals surface area contributed by atoms with Crippen LogP contribution in [0.25, 0.3) is 0 Å². The van der Waals surface area contributed by atoms with Crippen LogP contribution in [-0.4, -0.2) is 25.8 Å². The maximum Gasteiger partial charge on any atom is 0.336 e. The fourth-order valence-corrected chi connectivity index (χ4v) is 1.89. The Bertz CT molecular complexity index is 736. The first-order chi connectivity index (χ1) is 9.79. The minimum Gasteiger partial charge on any atom is -0.478 e. The Hall–Kier alpha value is -2.90. The summed E-state index contributed by atoms with van der Waals surface area (Å²) in [5.41, 5.74) is 0.461. The van der Waals surface area contributed by atoms with E-state index in [1.807, 2.05) is 0 Å². The van der Waals surface area contributed by atoms with Crippen LogP contribution >= 0.6 is 0 Å². The predicted molar refractivity (Wildman–Crippen MR) is 72.8 cm³/mol. The lowest BCUT2D eigenvalue weighted by Crippen LogP contribution is -2.03. The van der Waals surface area contributed by atoms with Gasteiger partial charge in [0.1, 0.15) is 5.75 Å². The molecule has 1 aromatic carbocycles. The van der Waals surface area contributed by atoms with Gasteiger partial charge >= 0.3 is 5.97 Å². The van der Waals surface area contributed by atoms with Crippen molar-refractivity contribution in [1.29, 1.82) is 0 Å². The highest BCUT2D eigenvalue weighted by Gasteiger charge is 2.21. The molecule has 0 fully saturated rings. The summed E-state index contributed by atoms with van der Waals surface area (Å²) in [6.45, 7) is 3.28. The van der Waals surface area contributed by atoms with Gasteiger partial charge in [-0.2, -0.15) is 5.10 Å². The van der Waals surface area contributed by atoms with E-state index >= 15 is 0 Å². The number of aryl methyl sites for hydroxylation is 2. The molecule has 1 aromatic heterocycles. The molecule has 0 spiro atoms. The highest BCUT2D eigenvalue weighted by molar-refractivity contribution is 5.89. The highest BCUT2D eigenvalue weighted by Crippen LogP contribution is 2.33. The first kappa shape index (κ1) is 14.5. The van der Waals surface area contributed by atoms with E-state index in [1.165, 1.54) is 17.7 Å². The number of nitrogens with zero attached hydrogens (tertiary/aromatic N) is 3. The summed E-state index contributed by atoms with van der Waals surface area (Å²) in [5.74, 6) is -0.777. The van der Waals surface area contributed by atoms with Crippen LogP contribution in [0.5, 0.6) is 11.6 Å². The predicted octanol–water partition coefficient (Wildman–Crippen LogP) is 2.44. The molecule has 0 saturated carbocycles. The van der Waals surface area contributed by atoms with Crippen LogP contribution in [0.4, 0.5) is 5.69 Å². The molecule has 0 aliphatic carbocycles. The first-order valence-electron chi connectivity index (χ1n) is 6.00. The maximum absolute atomic E-state index is 11.1. The largest absolute Gasteiger partial charge is 0.478 e. The number of ether oxygens (including phenoxy) is 1. The van der Waals surface area contributed by atoms with Crippen molar-refractivity contribution in [3.63, 3.8) is 0 Å². The smallest absolute Gasteiger partial charge is 0.336 e. The van der Waals surface area contributed by atoms with Gasteiger partial charge < -0.3 is 9.84 Å². The lowest BCUT2D eigenvalue weighted by molar-refractivity contribution is -0.385. The highest BCUT2D eigenvalue weighted by atomic mass is 16.6. The fourth-order valence-electron chi connectivity index (χ4n) is 1.89. The molecule has 0 saturated heterocycles. The standard InChI is InChI=1S/C13H13N3O5/c1-7-4-12(15(3)14-7)21-11-6-9(13(17)18)5-10(8(11)2)16(19)20/h4-6H,1-3H3,(H,17,18). The quantitative estimate of drug-likeness (QED) is 0.684. The van der Waals surface area contributed by atoms with E-state index in [2.05, 4.69) is 5.10 Å². The summed E-state index contributed by atoms with van der Waals surface area (Å²) in [7, 11) is 1.66. The molecule has 8 heteroatoms. The molecular formula is C13H13N3O5. The zero-order chi connectivity index (χ0) is 15.7. The number of aromatic carboxylic acids is 1. The molecule has 0 aliphatic rings. The van der Waals surface area contributed by atoms with Crippen molar-refractivity contribution in [3.05, 3.63) is 45.1 Å². The minimum absolute atomic E-state index is 0.115. The van der Waals surface area contributed by atoms with Crippen LogP contribution in [0.15, 0.2) is 18.2 Å². The average molecular weight is 291 g/mol. The normalized spacial score (nSPS) is 10.4. The Labute approximate surface area is 119 Å². The third-order valence-electron chi connectivity index (χ3n) is 2.95. The topological polar surface area (TPSA) is 107 Å². The second kappa shape index (κ2) is 5.23. The Kier molecular flexibility index (Phi) is 3.62. The molecule has 0 bridgehead atoms. The molecule has 0 unspecified atom stereocenters. The van der Waals surface area contributed by atoms with E-state index in [4.69, 9.17) is 9.84 Å². The zero-order valence-corrected chi connectivity index (χ0v) is 11.7. The van der Waals surface area contributed by atoms with Gasteiger partial charge in [-0.05, 0) is 19.9 Å². The van der Waals surface area contributed by atoms with Gasteiger partial charge in [0.2, 0.25) is 5.88 Å². The van der Waals surface area contributed by atoms with Crippen LogP contribution in [0, 0.1) is 24.0 Å². The minimum atomic E-state index is -1.26. The van der Waals surface area contributed by atoms with Crippen molar-refractivity contribution in [1.82, 2.24) is 9.78 Å². The molecule has 0 amide bonds. The number of aromatic nitrogens is 2. The Balaban J connectivity index is 2.54. The molecule has 110 valence electrons. The summed E-state index contributed by atoms with van der Waals surface area (Å²) >= 11 is 0. The van der Waals surface area contributed by atoms with Crippen molar-refractivity contribution in [2.24, 2.45) is 7.05 Å².